The molecule has 0 radical (unpaired) electrons. The van der Waals surface area contributed by atoms with Gasteiger partial charge >= 0.3 is 0 Å². The van der Waals surface area contributed by atoms with E-state index in [1.54, 1.807) is 30.6 Å². The van der Waals surface area contributed by atoms with Crippen molar-refractivity contribution in [1.29, 1.82) is 0 Å². The van der Waals surface area contributed by atoms with Gasteiger partial charge in [-0.05, 0) is 12.1 Å². The molecule has 2 aromatic rings. The zero-order valence-corrected chi connectivity index (χ0v) is 8.50. The molecular weight excluding hydrogens is 206 g/mol. The molecule has 0 saturated heterocycles. The van der Waals surface area contributed by atoms with Gasteiger partial charge < -0.3 is 15.6 Å². The zero-order valence-electron chi connectivity index (χ0n) is 8.50. The van der Waals surface area contributed by atoms with E-state index in [0.29, 0.717) is 23.9 Å². The molecule has 0 bridgehead atoms. The SMILES string of the molecule is NCc1ncc(Oc2cccc(O)c2)cn1. The third-order valence-corrected chi connectivity index (χ3v) is 1.92. The predicted molar refractivity (Wildman–Crippen MR) is 58.1 cm³/mol. The Balaban J connectivity index is 2.14. The number of aromatic hydroxyl groups is 1. The number of ether oxygens (including phenoxy) is 1. The van der Waals surface area contributed by atoms with Gasteiger partial charge in [0.2, 0.25) is 0 Å². The van der Waals surface area contributed by atoms with Crippen LogP contribution >= 0.6 is 0 Å². The van der Waals surface area contributed by atoms with Crippen molar-refractivity contribution in [1.82, 2.24) is 9.97 Å². The quantitative estimate of drug-likeness (QED) is 0.812. The largest absolute Gasteiger partial charge is 0.508 e. The molecule has 0 unspecified atom stereocenters. The second kappa shape index (κ2) is 4.59. The lowest BCUT2D eigenvalue weighted by molar-refractivity contribution is 0.452. The molecule has 16 heavy (non-hydrogen) atoms. The number of phenolic OH excluding ortho intramolecular Hbond substituents is 1. The molecule has 5 heteroatoms. The van der Waals surface area contributed by atoms with E-state index in [2.05, 4.69) is 9.97 Å². The van der Waals surface area contributed by atoms with Crippen LogP contribution in [0.4, 0.5) is 0 Å². The van der Waals surface area contributed by atoms with E-state index in [1.807, 2.05) is 0 Å². The Morgan fingerprint density at radius 2 is 1.94 bits per heavy atom. The molecule has 3 N–H and O–H groups in total. The second-order valence-corrected chi connectivity index (χ2v) is 3.14. The summed E-state index contributed by atoms with van der Waals surface area (Å²) in [5, 5.41) is 9.25. The van der Waals surface area contributed by atoms with E-state index in [9.17, 15) is 5.11 Å². The highest BCUT2D eigenvalue weighted by molar-refractivity contribution is 5.34. The Kier molecular flexibility index (Phi) is 2.98. The van der Waals surface area contributed by atoms with Crippen molar-refractivity contribution in [3.8, 4) is 17.2 Å². The van der Waals surface area contributed by atoms with Gasteiger partial charge in [0.15, 0.2) is 5.75 Å². The van der Waals surface area contributed by atoms with Crippen molar-refractivity contribution in [2.45, 2.75) is 6.54 Å². The lowest BCUT2D eigenvalue weighted by atomic mass is 10.3. The fraction of sp³-hybridized carbons (Fsp3) is 0.0909. The summed E-state index contributed by atoms with van der Waals surface area (Å²) in [4.78, 5) is 7.98. The van der Waals surface area contributed by atoms with Crippen LogP contribution in [0, 0.1) is 0 Å². The van der Waals surface area contributed by atoms with Gasteiger partial charge in [0.25, 0.3) is 0 Å². The standard InChI is InChI=1S/C11H11N3O2/c12-5-11-13-6-10(7-14-11)16-9-3-1-2-8(15)4-9/h1-4,6-7,15H,5,12H2. The summed E-state index contributed by atoms with van der Waals surface area (Å²) in [6.07, 6.45) is 3.08. The molecule has 0 aliphatic rings. The normalized spacial score (nSPS) is 10.1. The van der Waals surface area contributed by atoms with Gasteiger partial charge in [-0.2, -0.15) is 0 Å². The average Bonchev–Trinajstić information content (AvgIpc) is 2.30. The minimum absolute atomic E-state index is 0.150. The number of nitrogens with zero attached hydrogens (tertiary/aromatic N) is 2. The summed E-state index contributed by atoms with van der Waals surface area (Å²) in [5.41, 5.74) is 5.37. The lowest BCUT2D eigenvalue weighted by Gasteiger charge is -2.05. The number of nitrogens with two attached hydrogens (primary N) is 1. The molecule has 5 nitrogen and oxygen atoms in total. The minimum atomic E-state index is 0.150. The van der Waals surface area contributed by atoms with E-state index in [0.717, 1.165) is 0 Å². The van der Waals surface area contributed by atoms with E-state index in [1.165, 1.54) is 6.07 Å². The molecule has 1 aromatic carbocycles. The number of phenols is 1. The minimum Gasteiger partial charge on any atom is -0.508 e. The van der Waals surface area contributed by atoms with Crippen LogP contribution in [0.3, 0.4) is 0 Å². The molecule has 0 aliphatic carbocycles. The van der Waals surface area contributed by atoms with Gasteiger partial charge in [0, 0.05) is 6.07 Å². The molecule has 0 aliphatic heterocycles. The molecule has 0 saturated carbocycles. The summed E-state index contributed by atoms with van der Waals surface area (Å²) in [5.74, 6) is 1.74. The predicted octanol–water partition coefficient (Wildman–Crippen LogP) is 1.43. The highest BCUT2D eigenvalue weighted by Crippen LogP contribution is 2.23. The Morgan fingerprint density at radius 1 is 1.19 bits per heavy atom. The molecule has 0 spiro atoms. The summed E-state index contributed by atoms with van der Waals surface area (Å²) < 4.78 is 5.43. The molecule has 0 atom stereocenters. The number of benzene rings is 1. The molecule has 1 heterocycles. The van der Waals surface area contributed by atoms with Gasteiger partial charge in [0.05, 0.1) is 18.9 Å². The van der Waals surface area contributed by atoms with Gasteiger partial charge in [0.1, 0.15) is 17.3 Å². The van der Waals surface area contributed by atoms with Crippen LogP contribution in [-0.2, 0) is 6.54 Å². The van der Waals surface area contributed by atoms with Gasteiger partial charge in [-0.25, -0.2) is 9.97 Å². The molecule has 0 fully saturated rings. The van der Waals surface area contributed by atoms with E-state index < -0.39 is 0 Å². The summed E-state index contributed by atoms with van der Waals surface area (Å²) in [7, 11) is 0. The van der Waals surface area contributed by atoms with Crippen molar-refractivity contribution >= 4 is 0 Å². The first-order chi connectivity index (χ1) is 7.78. The summed E-state index contributed by atoms with van der Waals surface area (Å²) in [6, 6.07) is 6.51. The third kappa shape index (κ3) is 2.46. The van der Waals surface area contributed by atoms with Crippen LogP contribution in [0.15, 0.2) is 36.7 Å². The first kappa shape index (κ1) is 10.4. The summed E-state index contributed by atoms with van der Waals surface area (Å²) >= 11 is 0. The Hall–Kier alpha value is -2.14. The highest BCUT2D eigenvalue weighted by atomic mass is 16.5. The zero-order chi connectivity index (χ0) is 11.4. The van der Waals surface area contributed by atoms with Gasteiger partial charge in [-0.1, -0.05) is 6.07 Å². The van der Waals surface area contributed by atoms with Crippen molar-refractivity contribution in [2.24, 2.45) is 5.73 Å². The van der Waals surface area contributed by atoms with Crippen molar-refractivity contribution in [3.63, 3.8) is 0 Å². The molecule has 2 rings (SSSR count). The van der Waals surface area contributed by atoms with Crippen LogP contribution in [0.1, 0.15) is 5.82 Å². The topological polar surface area (TPSA) is 81.3 Å². The number of hydrogen-bond acceptors (Lipinski definition) is 5. The van der Waals surface area contributed by atoms with Crippen molar-refractivity contribution in [3.05, 3.63) is 42.5 Å². The van der Waals surface area contributed by atoms with Gasteiger partial charge in [-0.15, -0.1) is 0 Å². The van der Waals surface area contributed by atoms with E-state index in [-0.39, 0.29) is 5.75 Å². The Morgan fingerprint density at radius 3 is 2.56 bits per heavy atom. The average molecular weight is 217 g/mol. The molecular formula is C11H11N3O2. The van der Waals surface area contributed by atoms with Gasteiger partial charge in [-0.3, -0.25) is 0 Å². The van der Waals surface area contributed by atoms with Crippen LogP contribution < -0.4 is 10.5 Å². The van der Waals surface area contributed by atoms with Crippen molar-refractivity contribution in [2.75, 3.05) is 0 Å². The maximum Gasteiger partial charge on any atom is 0.164 e. The first-order valence-electron chi connectivity index (χ1n) is 4.76. The molecule has 1 aromatic heterocycles. The Bertz CT molecular complexity index is 471. The number of hydrogen-bond donors (Lipinski definition) is 2. The van der Waals surface area contributed by atoms with E-state index in [4.69, 9.17) is 10.5 Å². The number of aromatic nitrogens is 2. The van der Waals surface area contributed by atoms with Crippen molar-refractivity contribution < 1.29 is 9.84 Å². The second-order valence-electron chi connectivity index (χ2n) is 3.14. The monoisotopic (exact) mass is 217 g/mol. The summed E-state index contributed by atoms with van der Waals surface area (Å²) in [6.45, 7) is 0.298. The third-order valence-electron chi connectivity index (χ3n) is 1.92. The number of rotatable bonds is 3. The maximum absolute atomic E-state index is 9.25. The highest BCUT2D eigenvalue weighted by Gasteiger charge is 1.99. The Labute approximate surface area is 92.5 Å². The fourth-order valence-electron chi connectivity index (χ4n) is 1.18. The van der Waals surface area contributed by atoms with Crippen LogP contribution in [0.25, 0.3) is 0 Å². The molecule has 0 amide bonds. The fourth-order valence-corrected chi connectivity index (χ4v) is 1.18. The lowest BCUT2D eigenvalue weighted by Crippen LogP contribution is -2.02. The molecule has 82 valence electrons. The first-order valence-corrected chi connectivity index (χ1v) is 4.76. The van der Waals surface area contributed by atoms with Crippen LogP contribution in [0.5, 0.6) is 17.2 Å². The van der Waals surface area contributed by atoms with Crippen LogP contribution in [0.2, 0.25) is 0 Å². The van der Waals surface area contributed by atoms with Crippen LogP contribution in [-0.4, -0.2) is 15.1 Å². The van der Waals surface area contributed by atoms with E-state index >= 15 is 0 Å². The maximum atomic E-state index is 9.25. The smallest absolute Gasteiger partial charge is 0.164 e.